The summed E-state index contributed by atoms with van der Waals surface area (Å²) in [7, 11) is 2.19. The van der Waals surface area contributed by atoms with Crippen LogP contribution in [0.3, 0.4) is 0 Å². The Kier molecular flexibility index (Phi) is 42.2. The summed E-state index contributed by atoms with van der Waals surface area (Å²) in [5.41, 5.74) is 1.87. The summed E-state index contributed by atoms with van der Waals surface area (Å²) in [6.45, 7) is 58.8. The minimum absolute atomic E-state index is 0. The van der Waals surface area contributed by atoms with Gasteiger partial charge < -0.3 is 29.2 Å². The van der Waals surface area contributed by atoms with Gasteiger partial charge in [0.25, 0.3) is 0 Å². The normalized spacial score (nSPS) is 20.6. The van der Waals surface area contributed by atoms with Crippen molar-refractivity contribution in [2.45, 2.75) is 197 Å². The van der Waals surface area contributed by atoms with Gasteiger partial charge in [0.2, 0.25) is 0 Å². The maximum atomic E-state index is 5.25. The molecule has 368 valence electrons. The van der Waals surface area contributed by atoms with Gasteiger partial charge in [-0.25, -0.2) is 0 Å². The number of rotatable bonds is 0. The number of ether oxygens (including phenoxy) is 4. The number of nitrogens with zero attached hydrogens (tertiary/aromatic N) is 5. The van der Waals surface area contributed by atoms with E-state index in [-0.39, 0.29) is 50.3 Å². The van der Waals surface area contributed by atoms with Gasteiger partial charge in [-0.15, -0.1) is 0 Å². The first-order valence-corrected chi connectivity index (χ1v) is 20.9. The van der Waals surface area contributed by atoms with E-state index in [0.29, 0.717) is 27.6 Å². The molecule has 0 saturated carbocycles. The SMILES string of the molecule is C.C.C.C.C.C.CC(C)(C)C.CC(C)(C)N1CCNCC1.CC(C)(C)N1CCOCC1.CC(C)(C)N1CCOCC1.CC1(C)OCCO1.CN1CCN(C(C)(C)C)CC1. The number of piperazine rings is 2. The van der Waals surface area contributed by atoms with E-state index < -0.39 is 0 Å². The van der Waals surface area contributed by atoms with Crippen molar-refractivity contribution in [3.8, 4) is 0 Å². The van der Waals surface area contributed by atoms with Crippen LogP contribution in [0.25, 0.3) is 0 Å². The van der Waals surface area contributed by atoms with Gasteiger partial charge in [-0.2, -0.15) is 0 Å². The Labute approximate surface area is 375 Å². The van der Waals surface area contributed by atoms with Crippen molar-refractivity contribution >= 4 is 0 Å². The van der Waals surface area contributed by atoms with Crippen molar-refractivity contribution in [1.82, 2.24) is 29.8 Å². The molecular weight excluding hydrogens is 737 g/mol. The van der Waals surface area contributed by atoms with Crippen LogP contribution in [-0.4, -0.2) is 178 Å². The summed E-state index contributed by atoms with van der Waals surface area (Å²) >= 11 is 0. The molecule has 0 aromatic carbocycles. The fourth-order valence-electron chi connectivity index (χ4n) is 5.90. The Balaban J connectivity index is -0.000000109. The molecular formula is C49H118N6O4. The van der Waals surface area contributed by atoms with Crippen LogP contribution in [0.5, 0.6) is 0 Å². The van der Waals surface area contributed by atoms with Gasteiger partial charge in [0.15, 0.2) is 5.79 Å². The molecule has 0 radical (unpaired) electrons. The highest BCUT2D eigenvalue weighted by atomic mass is 16.7. The molecule has 0 aliphatic carbocycles. The third-order valence-corrected chi connectivity index (χ3v) is 9.42. The lowest BCUT2D eigenvalue weighted by molar-refractivity contribution is -0.125. The van der Waals surface area contributed by atoms with Gasteiger partial charge in [-0.05, 0) is 109 Å². The van der Waals surface area contributed by atoms with Crippen LogP contribution in [0, 0.1) is 5.41 Å². The first-order chi connectivity index (χ1) is 24.0. The Morgan fingerprint density at radius 2 is 0.610 bits per heavy atom. The van der Waals surface area contributed by atoms with Gasteiger partial charge in [0.1, 0.15) is 0 Å². The molecule has 0 unspecified atom stereocenters. The average molecular weight is 856 g/mol. The van der Waals surface area contributed by atoms with Crippen molar-refractivity contribution in [1.29, 1.82) is 0 Å². The van der Waals surface area contributed by atoms with E-state index in [1.165, 1.54) is 39.3 Å². The van der Waals surface area contributed by atoms with Crippen LogP contribution in [-0.2, 0) is 18.9 Å². The minimum atomic E-state index is -0.306. The second-order valence-electron chi connectivity index (χ2n) is 21.0. The maximum absolute atomic E-state index is 5.25. The van der Waals surface area contributed by atoms with Crippen molar-refractivity contribution in [2.24, 2.45) is 5.41 Å². The lowest BCUT2D eigenvalue weighted by Crippen LogP contribution is -2.52. The summed E-state index contributed by atoms with van der Waals surface area (Å²) in [6.07, 6.45) is 0. The molecule has 0 aromatic rings. The lowest BCUT2D eigenvalue weighted by Gasteiger charge is -2.41. The number of likely N-dealkylation sites (N-methyl/N-ethyl adjacent to an activating group) is 1. The summed E-state index contributed by atoms with van der Waals surface area (Å²) in [5.74, 6) is -0.306. The van der Waals surface area contributed by atoms with Crippen LogP contribution < -0.4 is 5.32 Å². The number of nitrogens with one attached hydrogen (secondary N) is 1. The van der Waals surface area contributed by atoms with Crippen molar-refractivity contribution in [3.63, 3.8) is 0 Å². The molecule has 0 bridgehead atoms. The van der Waals surface area contributed by atoms with Gasteiger partial charge >= 0.3 is 0 Å². The molecule has 5 aliphatic heterocycles. The van der Waals surface area contributed by atoms with E-state index in [1.807, 2.05) is 13.8 Å². The monoisotopic (exact) mass is 855 g/mol. The zero-order valence-corrected chi connectivity index (χ0v) is 39.1. The van der Waals surface area contributed by atoms with Crippen molar-refractivity contribution in [2.75, 3.05) is 125 Å². The first kappa shape index (κ1) is 73.0. The molecule has 1 N–H and O–H groups in total. The summed E-state index contributed by atoms with van der Waals surface area (Å²) in [6, 6.07) is 0. The zero-order chi connectivity index (χ0) is 41.2. The fourth-order valence-corrected chi connectivity index (χ4v) is 5.90. The van der Waals surface area contributed by atoms with Crippen LogP contribution >= 0.6 is 0 Å². The second-order valence-corrected chi connectivity index (χ2v) is 21.0. The summed E-state index contributed by atoms with van der Waals surface area (Å²) in [4.78, 5) is 12.4. The topological polar surface area (TPSA) is 65.2 Å². The van der Waals surface area contributed by atoms with Gasteiger partial charge in [0, 0.05) is 101 Å². The Hall–Kier alpha value is -0.400. The second kappa shape index (κ2) is 34.1. The Morgan fingerprint density at radius 1 is 0.373 bits per heavy atom. The average Bonchev–Trinajstić information content (AvgIpc) is 3.45. The standard InChI is InChI=1S/C9H20N2.C8H18N2.2C8H17NO.C5H10O2.C5H12.6CH4/c1-9(2,3)11-7-5-10(4)6-8-11;1-8(2,3)10-6-4-9-5-7-10;2*1-8(2,3)9-4-6-10-7-5-9;1-5(2)6-3-4-7-5;1-5(2,3)4;;;;;;/h5-8H2,1-4H3;9H,4-7H2,1-3H3;2*4-7H2,1-3H3;3-4H2,1-2H3;1-4H3;6*1H4. The van der Waals surface area contributed by atoms with Crippen LogP contribution in [0.2, 0.25) is 0 Å². The quantitative estimate of drug-likeness (QED) is 0.255. The Morgan fingerprint density at radius 3 is 0.797 bits per heavy atom. The van der Waals surface area contributed by atoms with Crippen molar-refractivity contribution < 1.29 is 18.9 Å². The summed E-state index contributed by atoms with van der Waals surface area (Å²) in [5, 5.41) is 3.35. The predicted molar refractivity (Wildman–Crippen MR) is 269 cm³/mol. The van der Waals surface area contributed by atoms with Crippen LogP contribution in [0.4, 0.5) is 0 Å². The molecule has 59 heavy (non-hydrogen) atoms. The van der Waals surface area contributed by atoms with Crippen LogP contribution in [0.1, 0.15) is 169 Å². The molecule has 0 atom stereocenters. The highest BCUT2D eigenvalue weighted by Gasteiger charge is 2.26. The third-order valence-electron chi connectivity index (χ3n) is 9.42. The van der Waals surface area contributed by atoms with Gasteiger partial charge in [0.05, 0.1) is 39.6 Å². The molecule has 5 aliphatic rings. The molecule has 5 fully saturated rings. The van der Waals surface area contributed by atoms with E-state index in [4.69, 9.17) is 18.9 Å². The lowest BCUT2D eigenvalue weighted by atomic mass is 10.0. The number of hydrogen-bond donors (Lipinski definition) is 1. The maximum Gasteiger partial charge on any atom is 0.162 e. The molecule has 10 nitrogen and oxygen atoms in total. The zero-order valence-electron chi connectivity index (χ0n) is 39.1. The minimum Gasteiger partial charge on any atom is -0.379 e. The molecule has 5 saturated heterocycles. The third kappa shape index (κ3) is 40.1. The van der Waals surface area contributed by atoms with E-state index in [2.05, 4.69) is 148 Å². The van der Waals surface area contributed by atoms with Crippen LogP contribution in [0.15, 0.2) is 0 Å². The summed E-state index contributed by atoms with van der Waals surface area (Å²) < 4.78 is 20.7. The molecule has 5 heterocycles. The fraction of sp³-hybridized carbons (Fsp3) is 1.00. The number of hydrogen-bond acceptors (Lipinski definition) is 10. The largest absolute Gasteiger partial charge is 0.379 e. The highest BCUT2D eigenvalue weighted by Crippen LogP contribution is 2.17. The van der Waals surface area contributed by atoms with E-state index in [1.54, 1.807) is 0 Å². The molecule has 5 rings (SSSR count). The molecule has 10 heteroatoms. The van der Waals surface area contributed by atoms with E-state index in [0.717, 1.165) is 78.9 Å². The molecule has 0 amide bonds. The van der Waals surface area contributed by atoms with E-state index >= 15 is 0 Å². The van der Waals surface area contributed by atoms with Crippen molar-refractivity contribution in [3.05, 3.63) is 0 Å². The van der Waals surface area contributed by atoms with Gasteiger partial charge in [-0.1, -0.05) is 72.3 Å². The predicted octanol–water partition coefficient (Wildman–Crippen LogP) is 10.6. The molecule has 0 spiro atoms. The highest BCUT2D eigenvalue weighted by molar-refractivity contribution is 4.82. The number of morpholine rings is 2. The van der Waals surface area contributed by atoms with Gasteiger partial charge in [-0.3, -0.25) is 19.6 Å². The smallest absolute Gasteiger partial charge is 0.162 e. The Bertz CT molecular complexity index is 809. The first-order valence-electron chi connectivity index (χ1n) is 20.9. The van der Waals surface area contributed by atoms with E-state index in [9.17, 15) is 0 Å². The molecule has 0 aromatic heterocycles.